The second-order valence-corrected chi connectivity index (χ2v) is 7.14. The van der Waals surface area contributed by atoms with Crippen molar-refractivity contribution in [2.24, 2.45) is 0 Å². The minimum absolute atomic E-state index is 0.133. The highest BCUT2D eigenvalue weighted by atomic mass is 32.2. The molecule has 130 valence electrons. The van der Waals surface area contributed by atoms with Gasteiger partial charge in [0.05, 0.1) is 13.2 Å². The van der Waals surface area contributed by atoms with Crippen LogP contribution in [0.1, 0.15) is 5.56 Å². The second kappa shape index (κ2) is 9.02. The Bertz CT molecular complexity index is 810. The molecule has 3 N–H and O–H groups in total. The smallest absolute Gasteiger partial charge is 0.104 e. The van der Waals surface area contributed by atoms with Gasteiger partial charge in [-0.1, -0.05) is 66.4 Å². The van der Waals surface area contributed by atoms with E-state index in [4.69, 9.17) is 0 Å². The fraction of sp³-hybridized carbons (Fsp3) is 0.238. The first kappa shape index (κ1) is 18.0. The van der Waals surface area contributed by atoms with Crippen molar-refractivity contribution in [3.8, 4) is 0 Å². The summed E-state index contributed by atoms with van der Waals surface area (Å²) in [6.07, 6.45) is 0. The molecular weight excluding hydrogens is 330 g/mol. The lowest BCUT2D eigenvalue weighted by atomic mass is 10.1. The lowest BCUT2D eigenvalue weighted by Gasteiger charge is -2.19. The molecule has 0 atom stereocenters. The molecule has 0 fully saturated rings. The molecule has 0 spiro atoms. The number of benzene rings is 3. The number of fused-ring (bicyclic) bond motifs is 1. The van der Waals surface area contributed by atoms with Crippen molar-refractivity contribution in [2.45, 2.75) is 16.3 Å². The van der Waals surface area contributed by atoms with Crippen molar-refractivity contribution in [2.75, 3.05) is 26.3 Å². The van der Waals surface area contributed by atoms with E-state index < -0.39 is 0 Å². The standard InChI is InChI=1S/C21H23NO2S/c23-14-12-22(13-15-24)16-18-7-2-4-10-20(18)25-21-11-5-8-17-6-1-3-9-19(17)21/h1-11,23-24H,12-16H2/p+1. The van der Waals surface area contributed by atoms with Gasteiger partial charge in [0.1, 0.15) is 19.6 Å². The van der Waals surface area contributed by atoms with Crippen LogP contribution >= 0.6 is 11.8 Å². The van der Waals surface area contributed by atoms with Gasteiger partial charge in [0.25, 0.3) is 0 Å². The Morgan fingerprint density at radius 2 is 1.36 bits per heavy atom. The van der Waals surface area contributed by atoms with Crippen LogP contribution in [0.5, 0.6) is 0 Å². The summed E-state index contributed by atoms with van der Waals surface area (Å²) in [5, 5.41) is 21.0. The average Bonchev–Trinajstić information content (AvgIpc) is 2.64. The summed E-state index contributed by atoms with van der Waals surface area (Å²) < 4.78 is 0. The molecule has 0 amide bonds. The Kier molecular flexibility index (Phi) is 6.48. The zero-order valence-electron chi connectivity index (χ0n) is 14.2. The topological polar surface area (TPSA) is 44.9 Å². The first-order chi connectivity index (χ1) is 12.3. The van der Waals surface area contributed by atoms with Gasteiger partial charge in [0.15, 0.2) is 0 Å². The maximum atomic E-state index is 9.26. The van der Waals surface area contributed by atoms with Gasteiger partial charge in [0, 0.05) is 15.4 Å². The van der Waals surface area contributed by atoms with E-state index >= 15 is 0 Å². The maximum Gasteiger partial charge on any atom is 0.104 e. The predicted octanol–water partition coefficient (Wildman–Crippen LogP) is 2.36. The first-order valence-corrected chi connectivity index (χ1v) is 9.42. The largest absolute Gasteiger partial charge is 0.391 e. The summed E-state index contributed by atoms with van der Waals surface area (Å²) in [6.45, 7) is 2.36. The normalized spacial score (nSPS) is 11.3. The third-order valence-corrected chi connectivity index (χ3v) is 5.51. The zero-order chi connectivity index (χ0) is 17.5. The summed E-state index contributed by atoms with van der Waals surface area (Å²) >= 11 is 1.78. The number of hydrogen-bond acceptors (Lipinski definition) is 3. The number of rotatable bonds is 8. The molecule has 0 aromatic heterocycles. The zero-order valence-corrected chi connectivity index (χ0v) is 15.0. The molecule has 4 heteroatoms. The van der Waals surface area contributed by atoms with E-state index in [0.29, 0.717) is 13.1 Å². The van der Waals surface area contributed by atoms with E-state index in [9.17, 15) is 10.2 Å². The molecule has 3 aromatic carbocycles. The lowest BCUT2D eigenvalue weighted by molar-refractivity contribution is -0.914. The molecule has 0 saturated heterocycles. The van der Waals surface area contributed by atoms with E-state index in [0.717, 1.165) is 6.54 Å². The van der Waals surface area contributed by atoms with Gasteiger partial charge in [-0.15, -0.1) is 0 Å². The number of aliphatic hydroxyl groups is 2. The first-order valence-electron chi connectivity index (χ1n) is 8.60. The third kappa shape index (κ3) is 4.61. The fourth-order valence-corrected chi connectivity index (χ4v) is 4.14. The monoisotopic (exact) mass is 354 g/mol. The minimum atomic E-state index is 0.133. The van der Waals surface area contributed by atoms with Gasteiger partial charge >= 0.3 is 0 Å². The number of nitrogens with one attached hydrogen (secondary N) is 1. The molecule has 0 aliphatic heterocycles. The van der Waals surface area contributed by atoms with Crippen LogP contribution in [0.2, 0.25) is 0 Å². The number of quaternary nitrogens is 1. The van der Waals surface area contributed by atoms with E-state index in [1.807, 2.05) is 0 Å². The number of hydrogen-bond donors (Lipinski definition) is 3. The third-order valence-electron chi connectivity index (χ3n) is 4.31. The summed E-state index contributed by atoms with van der Waals surface area (Å²) in [7, 11) is 0. The molecule has 0 aliphatic carbocycles. The summed E-state index contributed by atoms with van der Waals surface area (Å²) in [5.41, 5.74) is 1.25. The minimum Gasteiger partial charge on any atom is -0.391 e. The molecule has 0 bridgehead atoms. The van der Waals surface area contributed by atoms with Gasteiger partial charge in [-0.05, 0) is 22.9 Å². The predicted molar refractivity (Wildman–Crippen MR) is 103 cm³/mol. The molecule has 0 aliphatic rings. The van der Waals surface area contributed by atoms with Crippen molar-refractivity contribution >= 4 is 22.5 Å². The van der Waals surface area contributed by atoms with Gasteiger partial charge in [-0.25, -0.2) is 0 Å². The number of aliphatic hydroxyl groups excluding tert-OH is 2. The Morgan fingerprint density at radius 1 is 0.720 bits per heavy atom. The molecular formula is C21H24NO2S+. The molecule has 3 rings (SSSR count). The highest BCUT2D eigenvalue weighted by Gasteiger charge is 2.13. The van der Waals surface area contributed by atoms with Gasteiger partial charge < -0.3 is 15.1 Å². The summed E-state index contributed by atoms with van der Waals surface area (Å²) in [4.78, 5) is 3.67. The Labute approximate surface area is 152 Å². The lowest BCUT2D eigenvalue weighted by Crippen LogP contribution is -3.11. The Balaban J connectivity index is 1.87. The highest BCUT2D eigenvalue weighted by molar-refractivity contribution is 7.99. The average molecular weight is 354 g/mol. The molecule has 3 nitrogen and oxygen atoms in total. The van der Waals surface area contributed by atoms with Crippen molar-refractivity contribution in [3.05, 3.63) is 72.3 Å². The van der Waals surface area contributed by atoms with Gasteiger partial charge in [-0.3, -0.25) is 0 Å². The van der Waals surface area contributed by atoms with Crippen LogP contribution in [-0.4, -0.2) is 36.5 Å². The Morgan fingerprint density at radius 3 is 2.16 bits per heavy atom. The van der Waals surface area contributed by atoms with Crippen LogP contribution in [0.25, 0.3) is 10.8 Å². The van der Waals surface area contributed by atoms with Crippen LogP contribution < -0.4 is 4.90 Å². The van der Waals surface area contributed by atoms with E-state index in [-0.39, 0.29) is 13.2 Å². The van der Waals surface area contributed by atoms with Crippen LogP contribution in [0.4, 0.5) is 0 Å². The van der Waals surface area contributed by atoms with Crippen molar-refractivity contribution in [3.63, 3.8) is 0 Å². The van der Waals surface area contributed by atoms with Crippen molar-refractivity contribution in [1.82, 2.24) is 0 Å². The van der Waals surface area contributed by atoms with Crippen LogP contribution in [0, 0.1) is 0 Å². The molecule has 0 unspecified atom stereocenters. The molecule has 0 heterocycles. The SMILES string of the molecule is OCC[NH+](CCO)Cc1ccccc1Sc1cccc2ccccc12. The van der Waals surface area contributed by atoms with Crippen LogP contribution in [0.15, 0.2) is 76.5 Å². The second-order valence-electron chi connectivity index (χ2n) is 6.06. The summed E-state index contributed by atoms with van der Waals surface area (Å²) in [5.74, 6) is 0. The molecule has 0 radical (unpaired) electrons. The quantitative estimate of drug-likeness (QED) is 0.582. The van der Waals surface area contributed by atoms with Gasteiger partial charge in [0.2, 0.25) is 0 Å². The Hall–Kier alpha value is -1.85. The fourth-order valence-electron chi connectivity index (χ4n) is 3.04. The molecule has 0 saturated carbocycles. The summed E-state index contributed by atoms with van der Waals surface area (Å²) in [6, 6.07) is 23.3. The molecule has 3 aromatic rings. The maximum absolute atomic E-state index is 9.26. The van der Waals surface area contributed by atoms with Crippen LogP contribution in [0.3, 0.4) is 0 Å². The van der Waals surface area contributed by atoms with E-state index in [2.05, 4.69) is 66.7 Å². The van der Waals surface area contributed by atoms with Gasteiger partial charge in [-0.2, -0.15) is 0 Å². The highest BCUT2D eigenvalue weighted by Crippen LogP contribution is 2.35. The molecule has 25 heavy (non-hydrogen) atoms. The van der Waals surface area contributed by atoms with E-state index in [1.54, 1.807) is 11.8 Å². The van der Waals surface area contributed by atoms with Crippen molar-refractivity contribution in [1.29, 1.82) is 0 Å². The van der Waals surface area contributed by atoms with Crippen LogP contribution in [-0.2, 0) is 6.54 Å². The van der Waals surface area contributed by atoms with E-state index in [1.165, 1.54) is 31.0 Å². The van der Waals surface area contributed by atoms with Crippen molar-refractivity contribution < 1.29 is 15.1 Å².